The molecule has 1 unspecified atom stereocenters. The lowest BCUT2D eigenvalue weighted by Crippen LogP contribution is -2.36. The summed E-state index contributed by atoms with van der Waals surface area (Å²) in [5.41, 5.74) is 1.09. The molecule has 0 saturated carbocycles. The van der Waals surface area contributed by atoms with E-state index in [9.17, 15) is 0 Å². The van der Waals surface area contributed by atoms with E-state index >= 15 is 0 Å². The van der Waals surface area contributed by atoms with Gasteiger partial charge in [0.1, 0.15) is 5.75 Å². The topological polar surface area (TPSA) is 18.5 Å². The molecule has 0 N–H and O–H groups in total. The number of rotatable bonds is 1. The van der Waals surface area contributed by atoms with E-state index in [-0.39, 0.29) is 0 Å². The molecule has 0 radical (unpaired) electrons. The molecule has 1 atom stereocenters. The predicted octanol–water partition coefficient (Wildman–Crippen LogP) is 2.50. The molecule has 1 heterocycles. The molecule has 2 heteroatoms. The first-order chi connectivity index (χ1) is 6.23. The van der Waals surface area contributed by atoms with Gasteiger partial charge in [-0.15, -0.1) is 0 Å². The summed E-state index contributed by atoms with van der Waals surface area (Å²) in [4.78, 5) is 0. The Kier molecular flexibility index (Phi) is 1.85. The van der Waals surface area contributed by atoms with Gasteiger partial charge >= 0.3 is 0 Å². The summed E-state index contributed by atoms with van der Waals surface area (Å²) in [5, 5.41) is 0. The molecule has 68 valence electrons. The highest BCUT2D eigenvalue weighted by molar-refractivity contribution is 5.34. The Morgan fingerprint density at radius 2 is 2.23 bits per heavy atom. The highest BCUT2D eigenvalue weighted by atomic mass is 16.7. The molecule has 0 bridgehead atoms. The molecule has 2 rings (SSSR count). The maximum atomic E-state index is 5.63. The second-order valence-electron chi connectivity index (χ2n) is 3.22. The van der Waals surface area contributed by atoms with E-state index in [1.165, 1.54) is 0 Å². The molecular formula is C11H12O2. The minimum absolute atomic E-state index is 0.582. The van der Waals surface area contributed by atoms with Crippen molar-refractivity contribution < 1.29 is 9.47 Å². The largest absolute Gasteiger partial charge is 0.459 e. The Bertz CT molecular complexity index is 333. The van der Waals surface area contributed by atoms with Gasteiger partial charge in [-0.3, -0.25) is 0 Å². The summed E-state index contributed by atoms with van der Waals surface area (Å²) in [6.45, 7) is 6.12. The molecule has 1 aromatic carbocycles. The summed E-state index contributed by atoms with van der Waals surface area (Å²) < 4.78 is 11.1. The quantitative estimate of drug-likeness (QED) is 0.612. The fourth-order valence-electron chi connectivity index (χ4n) is 1.29. The summed E-state index contributed by atoms with van der Waals surface area (Å²) in [6.07, 6.45) is 1.67. The fraction of sp³-hybridized carbons (Fsp3) is 0.273. The fourth-order valence-corrected chi connectivity index (χ4v) is 1.29. The minimum Gasteiger partial charge on any atom is -0.459 e. The van der Waals surface area contributed by atoms with Gasteiger partial charge in [-0.05, 0) is 12.1 Å². The van der Waals surface area contributed by atoms with Crippen LogP contribution in [0.4, 0.5) is 0 Å². The van der Waals surface area contributed by atoms with Gasteiger partial charge in [-0.1, -0.05) is 24.8 Å². The molecule has 0 spiro atoms. The van der Waals surface area contributed by atoms with E-state index < -0.39 is 5.79 Å². The molecule has 0 aliphatic carbocycles. The Morgan fingerprint density at radius 3 is 3.00 bits per heavy atom. The first-order valence-electron chi connectivity index (χ1n) is 4.28. The second kappa shape index (κ2) is 2.89. The van der Waals surface area contributed by atoms with Crippen LogP contribution in [0.15, 0.2) is 36.9 Å². The van der Waals surface area contributed by atoms with Crippen LogP contribution >= 0.6 is 0 Å². The normalized spacial score (nSPS) is 25.9. The molecule has 1 aliphatic heterocycles. The molecule has 1 aromatic rings. The van der Waals surface area contributed by atoms with Gasteiger partial charge in [0, 0.05) is 12.5 Å². The van der Waals surface area contributed by atoms with E-state index in [4.69, 9.17) is 9.47 Å². The zero-order valence-corrected chi connectivity index (χ0v) is 7.62. The van der Waals surface area contributed by atoms with Gasteiger partial charge in [0.2, 0.25) is 5.79 Å². The van der Waals surface area contributed by atoms with Crippen molar-refractivity contribution in [1.82, 2.24) is 0 Å². The molecule has 1 aliphatic rings. The highest BCUT2D eigenvalue weighted by Crippen LogP contribution is 2.31. The van der Waals surface area contributed by atoms with Gasteiger partial charge < -0.3 is 9.47 Å². The number of benzene rings is 1. The maximum Gasteiger partial charge on any atom is 0.227 e. The molecule has 2 nitrogen and oxygen atoms in total. The second-order valence-corrected chi connectivity index (χ2v) is 3.22. The summed E-state index contributed by atoms with van der Waals surface area (Å²) >= 11 is 0. The molecular weight excluding hydrogens is 164 g/mol. The van der Waals surface area contributed by atoms with E-state index in [0.29, 0.717) is 6.61 Å². The van der Waals surface area contributed by atoms with Crippen LogP contribution in [-0.4, -0.2) is 5.79 Å². The van der Waals surface area contributed by atoms with Crippen LogP contribution in [0.1, 0.15) is 12.5 Å². The minimum atomic E-state index is -0.672. The van der Waals surface area contributed by atoms with Crippen molar-refractivity contribution in [2.75, 3.05) is 0 Å². The van der Waals surface area contributed by atoms with Crippen molar-refractivity contribution >= 4 is 0 Å². The van der Waals surface area contributed by atoms with Crippen molar-refractivity contribution in [1.29, 1.82) is 0 Å². The molecule has 0 amide bonds. The van der Waals surface area contributed by atoms with Crippen LogP contribution in [0, 0.1) is 0 Å². The number of hydrogen-bond acceptors (Lipinski definition) is 2. The number of fused-ring (bicyclic) bond motifs is 1. The monoisotopic (exact) mass is 176 g/mol. The molecule has 0 saturated heterocycles. The summed E-state index contributed by atoms with van der Waals surface area (Å²) in [5.74, 6) is 0.213. The van der Waals surface area contributed by atoms with E-state index in [1.807, 2.05) is 31.2 Å². The van der Waals surface area contributed by atoms with Crippen molar-refractivity contribution in [2.24, 2.45) is 0 Å². The molecule has 0 aromatic heterocycles. The zero-order valence-electron chi connectivity index (χ0n) is 7.62. The zero-order chi connectivity index (χ0) is 9.31. The standard InChI is InChI=1S/C11H12O2/c1-3-11(2)12-8-9-6-4-5-7-10(9)13-11/h3-7H,1,8H2,2H3. The Balaban J connectivity index is 2.34. The molecule has 13 heavy (non-hydrogen) atoms. The summed E-state index contributed by atoms with van der Waals surface area (Å²) in [6, 6.07) is 7.87. The van der Waals surface area contributed by atoms with Crippen LogP contribution in [0.3, 0.4) is 0 Å². The van der Waals surface area contributed by atoms with Crippen molar-refractivity contribution in [3.8, 4) is 5.75 Å². The van der Waals surface area contributed by atoms with Crippen molar-refractivity contribution in [3.63, 3.8) is 0 Å². The lowest BCUT2D eigenvalue weighted by Gasteiger charge is -2.32. The van der Waals surface area contributed by atoms with Gasteiger partial charge in [0.05, 0.1) is 6.61 Å². The maximum absolute atomic E-state index is 5.63. The van der Waals surface area contributed by atoms with E-state index in [1.54, 1.807) is 6.08 Å². The smallest absolute Gasteiger partial charge is 0.227 e. The van der Waals surface area contributed by atoms with Crippen LogP contribution in [0.5, 0.6) is 5.75 Å². The first kappa shape index (κ1) is 8.32. The van der Waals surface area contributed by atoms with Gasteiger partial charge in [0.25, 0.3) is 0 Å². The average molecular weight is 176 g/mol. The van der Waals surface area contributed by atoms with Gasteiger partial charge in [0.15, 0.2) is 0 Å². The van der Waals surface area contributed by atoms with Crippen LogP contribution in [0.2, 0.25) is 0 Å². The molecule has 0 fully saturated rings. The van der Waals surface area contributed by atoms with E-state index in [0.717, 1.165) is 11.3 Å². The van der Waals surface area contributed by atoms with E-state index in [2.05, 4.69) is 6.58 Å². The Morgan fingerprint density at radius 1 is 1.46 bits per heavy atom. The number of para-hydroxylation sites is 1. The van der Waals surface area contributed by atoms with Gasteiger partial charge in [-0.2, -0.15) is 0 Å². The van der Waals surface area contributed by atoms with Gasteiger partial charge in [-0.25, -0.2) is 0 Å². The van der Waals surface area contributed by atoms with Crippen LogP contribution in [0.25, 0.3) is 0 Å². The lowest BCUT2D eigenvalue weighted by molar-refractivity contribution is -0.158. The average Bonchev–Trinajstić information content (AvgIpc) is 2.18. The van der Waals surface area contributed by atoms with Crippen molar-refractivity contribution in [3.05, 3.63) is 42.5 Å². The Labute approximate surface area is 77.8 Å². The third-order valence-electron chi connectivity index (χ3n) is 2.17. The predicted molar refractivity (Wildman–Crippen MR) is 50.5 cm³/mol. The third kappa shape index (κ3) is 1.45. The SMILES string of the molecule is C=CC1(C)OCc2ccccc2O1. The number of hydrogen-bond donors (Lipinski definition) is 0. The van der Waals surface area contributed by atoms with Crippen LogP contribution in [-0.2, 0) is 11.3 Å². The van der Waals surface area contributed by atoms with Crippen LogP contribution < -0.4 is 4.74 Å². The lowest BCUT2D eigenvalue weighted by atomic mass is 10.1. The van der Waals surface area contributed by atoms with Crippen molar-refractivity contribution in [2.45, 2.75) is 19.3 Å². The number of ether oxygens (including phenoxy) is 2. The summed E-state index contributed by atoms with van der Waals surface area (Å²) in [7, 11) is 0. The third-order valence-corrected chi connectivity index (χ3v) is 2.17. The Hall–Kier alpha value is -1.28. The first-order valence-corrected chi connectivity index (χ1v) is 4.28. The highest BCUT2D eigenvalue weighted by Gasteiger charge is 2.28.